The first-order chi connectivity index (χ1) is 10.0. The fraction of sp³-hybridized carbons (Fsp3) is 0. The van der Waals surface area contributed by atoms with Gasteiger partial charge in [-0.2, -0.15) is 0 Å². The molecule has 0 aromatic heterocycles. The summed E-state index contributed by atoms with van der Waals surface area (Å²) in [4.78, 5) is 17.1. The summed E-state index contributed by atoms with van der Waals surface area (Å²) in [6.07, 6.45) is 1.00. The molecule has 2 rings (SSSR count). The van der Waals surface area contributed by atoms with Crippen molar-refractivity contribution < 1.29 is 18.0 Å². The Bertz CT molecular complexity index is 644. The van der Waals surface area contributed by atoms with Crippen molar-refractivity contribution in [3.8, 4) is 0 Å². The van der Waals surface area contributed by atoms with E-state index in [9.17, 15) is 8.42 Å². The van der Waals surface area contributed by atoms with Crippen LogP contribution in [0.4, 0.5) is 0 Å². The normalized spacial score (nSPS) is 8.76. The van der Waals surface area contributed by atoms with E-state index in [-0.39, 0.29) is 0 Å². The first-order valence-corrected chi connectivity index (χ1v) is 6.90. The van der Waals surface area contributed by atoms with Crippen LogP contribution >= 0.6 is 0 Å². The maximum absolute atomic E-state index is 12.0. The van der Waals surface area contributed by atoms with Crippen LogP contribution in [0.2, 0.25) is 0 Å². The topological polar surface area (TPSA) is 113 Å². The molecule has 0 spiro atoms. The predicted octanol–water partition coefficient (Wildman–Crippen LogP) is 2.30. The molecule has 0 radical (unpaired) electrons. The number of carbonyl (C=O) groups excluding carboxylic acids is 2. The third kappa shape index (κ3) is 6.22. The molecule has 108 valence electrons. The lowest BCUT2D eigenvalue weighted by molar-refractivity contribution is 0.568. The second kappa shape index (κ2) is 10.00. The van der Waals surface area contributed by atoms with E-state index in [1.54, 1.807) is 60.7 Å². The lowest BCUT2D eigenvalue weighted by atomic mass is 10.4. The van der Waals surface area contributed by atoms with E-state index in [1.807, 2.05) is 0 Å². The third-order valence-corrected chi connectivity index (χ3v) is 3.89. The molecule has 2 aromatic carbocycles. The van der Waals surface area contributed by atoms with Crippen molar-refractivity contribution in [1.82, 2.24) is 0 Å². The molecule has 0 fully saturated rings. The average Bonchev–Trinajstić information content (AvgIpc) is 2.51. The summed E-state index contributed by atoms with van der Waals surface area (Å²) >= 11 is 0. The lowest BCUT2D eigenvalue weighted by Crippen LogP contribution is -2.00. The van der Waals surface area contributed by atoms with Gasteiger partial charge in [0.05, 0.1) is 9.79 Å². The van der Waals surface area contributed by atoms with Gasteiger partial charge < -0.3 is 10.8 Å². The highest BCUT2D eigenvalue weighted by Gasteiger charge is 2.15. The molecule has 0 unspecified atom stereocenters. The lowest BCUT2D eigenvalue weighted by Gasteiger charge is -2.03. The summed E-state index contributed by atoms with van der Waals surface area (Å²) in [6.45, 7) is 0. The molecule has 21 heavy (non-hydrogen) atoms. The molecule has 0 bridgehead atoms. The molecule has 0 saturated carbocycles. The minimum atomic E-state index is -3.34. The third-order valence-electron chi connectivity index (χ3n) is 2.11. The maximum atomic E-state index is 12.0. The molecular formula is C14H10N2O4S-2. The Morgan fingerprint density at radius 2 is 0.905 bits per heavy atom. The number of nitrogens with zero attached hydrogens (tertiary/aromatic N) is 2. The van der Waals surface area contributed by atoms with Crippen molar-refractivity contribution in [2.24, 2.45) is 0 Å². The second-order valence-corrected chi connectivity index (χ2v) is 5.26. The zero-order valence-electron chi connectivity index (χ0n) is 10.7. The van der Waals surface area contributed by atoms with Crippen LogP contribution in [0.3, 0.4) is 0 Å². The molecule has 2 aromatic rings. The second-order valence-electron chi connectivity index (χ2n) is 3.31. The van der Waals surface area contributed by atoms with Gasteiger partial charge in [0.25, 0.3) is 0 Å². The molecule has 6 nitrogen and oxygen atoms in total. The quantitative estimate of drug-likeness (QED) is 0.625. The van der Waals surface area contributed by atoms with Gasteiger partial charge in [0.15, 0.2) is 0 Å². The number of isocyanates is 2. The summed E-state index contributed by atoms with van der Waals surface area (Å²) in [7, 11) is -3.34. The fourth-order valence-electron chi connectivity index (χ4n) is 1.34. The number of rotatable bonds is 2. The molecule has 0 aliphatic rings. The summed E-state index contributed by atoms with van der Waals surface area (Å²) in [5, 5.41) is 13.5. The van der Waals surface area contributed by atoms with Crippen molar-refractivity contribution in [1.29, 1.82) is 0 Å². The number of hydrogen-bond donors (Lipinski definition) is 0. The largest absolute Gasteiger partial charge is 0.724 e. The Balaban J connectivity index is 0.000000578. The minimum Gasteiger partial charge on any atom is -0.724 e. The molecule has 0 aliphatic heterocycles. The zero-order valence-corrected chi connectivity index (χ0v) is 11.5. The van der Waals surface area contributed by atoms with Crippen LogP contribution in [-0.4, -0.2) is 20.6 Å². The van der Waals surface area contributed by atoms with Crippen LogP contribution < -0.4 is 0 Å². The first kappa shape index (κ1) is 18.1. The summed E-state index contributed by atoms with van der Waals surface area (Å²) in [5.41, 5.74) is 0. The molecular weight excluding hydrogens is 292 g/mol. The zero-order chi connectivity index (χ0) is 16.1. The Hall–Kier alpha value is -2.85. The predicted molar refractivity (Wildman–Crippen MR) is 76.4 cm³/mol. The standard InChI is InChI=1S/C12H10O2S.2CNO/c13-15(14,11-7-3-1-4-8-11)12-9-5-2-6-10-12;2*2-1-3/h1-10H;;/q;2*-1. The summed E-state index contributed by atoms with van der Waals surface area (Å²) < 4.78 is 24.1. The number of sulfone groups is 1. The summed E-state index contributed by atoms with van der Waals surface area (Å²) in [6, 6.07) is 16.9. The Morgan fingerprint density at radius 1 is 0.667 bits per heavy atom. The first-order valence-electron chi connectivity index (χ1n) is 5.42. The Kier molecular flexibility index (Phi) is 8.64. The van der Waals surface area contributed by atoms with Crippen molar-refractivity contribution >= 4 is 22.0 Å². The SMILES string of the molecule is O=S(=O)(c1ccccc1)c1ccccc1.[N-]=C=O.[N-]=C=O. The maximum Gasteiger partial charge on any atom is 0.206 e. The van der Waals surface area contributed by atoms with Crippen molar-refractivity contribution in [3.05, 3.63) is 71.5 Å². The van der Waals surface area contributed by atoms with Crippen LogP contribution in [0.5, 0.6) is 0 Å². The van der Waals surface area contributed by atoms with Gasteiger partial charge >= 0.3 is 0 Å². The van der Waals surface area contributed by atoms with E-state index in [4.69, 9.17) is 20.4 Å². The van der Waals surface area contributed by atoms with Gasteiger partial charge in [-0.25, -0.2) is 8.42 Å². The van der Waals surface area contributed by atoms with Crippen LogP contribution in [0.25, 0.3) is 10.8 Å². The highest BCUT2D eigenvalue weighted by molar-refractivity contribution is 7.91. The van der Waals surface area contributed by atoms with Gasteiger partial charge in [0.2, 0.25) is 9.84 Å². The molecule has 0 amide bonds. The van der Waals surface area contributed by atoms with E-state index in [0.29, 0.717) is 22.0 Å². The van der Waals surface area contributed by atoms with E-state index >= 15 is 0 Å². The van der Waals surface area contributed by atoms with E-state index in [1.165, 1.54) is 0 Å². The monoisotopic (exact) mass is 302 g/mol. The van der Waals surface area contributed by atoms with Crippen LogP contribution in [-0.2, 0) is 19.4 Å². The molecule has 0 aliphatic carbocycles. The van der Waals surface area contributed by atoms with Crippen molar-refractivity contribution in [3.63, 3.8) is 0 Å². The van der Waals surface area contributed by atoms with E-state index in [2.05, 4.69) is 0 Å². The van der Waals surface area contributed by atoms with E-state index < -0.39 is 9.84 Å². The smallest absolute Gasteiger partial charge is 0.206 e. The molecule has 0 N–H and O–H groups in total. The van der Waals surface area contributed by atoms with Gasteiger partial charge in [0.1, 0.15) is 0 Å². The number of hydrogen-bond acceptors (Lipinski definition) is 4. The van der Waals surface area contributed by atoms with Gasteiger partial charge in [-0.1, -0.05) is 36.4 Å². The van der Waals surface area contributed by atoms with Gasteiger partial charge in [-0.3, -0.25) is 9.59 Å². The van der Waals surface area contributed by atoms with Gasteiger partial charge in [0, 0.05) is 0 Å². The minimum absolute atomic E-state index is 0.330. The van der Waals surface area contributed by atoms with E-state index in [0.717, 1.165) is 0 Å². The van der Waals surface area contributed by atoms with Gasteiger partial charge in [-0.05, 0) is 36.4 Å². The van der Waals surface area contributed by atoms with Crippen molar-refractivity contribution in [2.75, 3.05) is 0 Å². The molecule has 7 heteroatoms. The Morgan fingerprint density at radius 3 is 1.14 bits per heavy atom. The fourth-order valence-corrected chi connectivity index (χ4v) is 2.64. The van der Waals surface area contributed by atoms with Crippen molar-refractivity contribution in [2.45, 2.75) is 9.79 Å². The van der Waals surface area contributed by atoms with Crippen LogP contribution in [0, 0.1) is 0 Å². The van der Waals surface area contributed by atoms with Crippen LogP contribution in [0.15, 0.2) is 70.5 Å². The molecule has 0 heterocycles. The highest BCUT2D eigenvalue weighted by Crippen LogP contribution is 2.19. The average molecular weight is 302 g/mol. The summed E-state index contributed by atoms with van der Waals surface area (Å²) in [5.74, 6) is 0. The Labute approximate surface area is 122 Å². The van der Waals surface area contributed by atoms with Gasteiger partial charge in [-0.15, -0.1) is 0 Å². The highest BCUT2D eigenvalue weighted by atomic mass is 32.2. The molecule has 0 saturated heterocycles. The molecule has 0 atom stereocenters. The van der Waals surface area contributed by atoms with Crippen LogP contribution in [0.1, 0.15) is 0 Å². The number of benzene rings is 2.